The molecule has 0 saturated heterocycles. The minimum absolute atomic E-state index is 0.0393. The van der Waals surface area contributed by atoms with Crippen molar-refractivity contribution >= 4 is 17.6 Å². The van der Waals surface area contributed by atoms with Crippen LogP contribution in [0.3, 0.4) is 0 Å². The number of cyclic esters (lactones) is 1. The summed E-state index contributed by atoms with van der Waals surface area (Å²) in [5, 5.41) is 9.41. The number of nitriles is 1. The van der Waals surface area contributed by atoms with E-state index >= 15 is 0 Å². The Hall–Kier alpha value is -4.10. The third-order valence-corrected chi connectivity index (χ3v) is 5.15. The summed E-state index contributed by atoms with van der Waals surface area (Å²) in [6, 6.07) is 10.2. The van der Waals surface area contributed by atoms with Crippen molar-refractivity contribution in [3.05, 3.63) is 77.0 Å². The summed E-state index contributed by atoms with van der Waals surface area (Å²) in [7, 11) is 1.91. The van der Waals surface area contributed by atoms with Gasteiger partial charge in [0.2, 0.25) is 0 Å². The number of nitrogens with one attached hydrogen (secondary N) is 1. The van der Waals surface area contributed by atoms with Crippen LogP contribution < -0.4 is 9.47 Å². The van der Waals surface area contributed by atoms with Crippen molar-refractivity contribution in [1.82, 2.24) is 14.9 Å². The van der Waals surface area contributed by atoms with E-state index in [0.29, 0.717) is 35.0 Å². The number of ether oxygens (including phenoxy) is 3. The lowest BCUT2D eigenvalue weighted by molar-refractivity contribution is -0.286. The standard InChI is InChI=1S/C12H6F2N2O2.C11H11ClN2O2/c13-12(14)17-10-3-1-2-8(11(10)18-12)9-6-16-5-7(9)4-15;1-14(9-4-11(15)16-7-9)6-8-2-3-10(12)13-5-8/h1-3,5-6,16H;2-5H,6-7H2,1H3. The number of nitrogens with zero attached hydrogens (tertiary/aromatic N) is 3. The molecular weight excluding hydrogens is 470 g/mol. The van der Waals surface area contributed by atoms with E-state index in [9.17, 15) is 13.6 Å². The Labute approximate surface area is 197 Å². The summed E-state index contributed by atoms with van der Waals surface area (Å²) in [6.45, 7) is 1.02. The molecule has 4 heterocycles. The van der Waals surface area contributed by atoms with Gasteiger partial charge in [-0.25, -0.2) is 9.78 Å². The second-order valence-corrected chi connectivity index (χ2v) is 7.67. The number of carbonyl (C=O) groups excluding carboxylic acids is 1. The number of hydrogen-bond acceptors (Lipinski definition) is 7. The lowest BCUT2D eigenvalue weighted by atomic mass is 10.0. The van der Waals surface area contributed by atoms with Gasteiger partial charge in [0.1, 0.15) is 17.8 Å². The zero-order valence-corrected chi connectivity index (χ0v) is 18.5. The van der Waals surface area contributed by atoms with Crippen molar-refractivity contribution in [3.8, 4) is 28.7 Å². The van der Waals surface area contributed by atoms with Gasteiger partial charge >= 0.3 is 12.3 Å². The van der Waals surface area contributed by atoms with Gasteiger partial charge in [-0.05, 0) is 17.7 Å². The molecule has 1 aromatic carbocycles. The molecule has 0 fully saturated rings. The van der Waals surface area contributed by atoms with Crippen LogP contribution in [0.25, 0.3) is 11.1 Å². The molecule has 1 N–H and O–H groups in total. The Kier molecular flexibility index (Phi) is 6.38. The third-order valence-electron chi connectivity index (χ3n) is 4.93. The first-order valence-electron chi connectivity index (χ1n) is 9.91. The predicted molar refractivity (Wildman–Crippen MR) is 117 cm³/mol. The SMILES string of the molecule is CN(Cc1ccc(Cl)nc1)C1=CC(=O)OC1.N#Cc1c[nH]cc1-c1cccc2c1OC(F)(F)O2. The fourth-order valence-corrected chi connectivity index (χ4v) is 3.43. The van der Waals surface area contributed by atoms with Crippen LogP contribution in [-0.2, 0) is 16.1 Å². The van der Waals surface area contributed by atoms with Crippen molar-refractivity contribution < 1.29 is 27.8 Å². The number of hydrogen-bond donors (Lipinski definition) is 1. The molecule has 0 radical (unpaired) electrons. The Morgan fingerprint density at radius 3 is 2.74 bits per heavy atom. The van der Waals surface area contributed by atoms with Gasteiger partial charge in [0, 0.05) is 49.4 Å². The number of aromatic amines is 1. The quantitative estimate of drug-likeness (QED) is 0.428. The number of fused-ring (bicyclic) bond motifs is 1. The number of carbonyl (C=O) groups is 1. The Morgan fingerprint density at radius 2 is 2.06 bits per heavy atom. The fraction of sp³-hybridized carbons (Fsp3) is 0.174. The molecule has 0 amide bonds. The Morgan fingerprint density at radius 1 is 1.24 bits per heavy atom. The lowest BCUT2D eigenvalue weighted by Crippen LogP contribution is -2.26. The normalized spacial score (nSPS) is 15.0. The highest BCUT2D eigenvalue weighted by Gasteiger charge is 2.44. The molecule has 2 aliphatic heterocycles. The van der Waals surface area contributed by atoms with Crippen LogP contribution in [0.15, 0.2) is 60.7 Å². The van der Waals surface area contributed by atoms with Crippen LogP contribution >= 0.6 is 11.6 Å². The van der Waals surface area contributed by atoms with E-state index in [2.05, 4.69) is 19.4 Å². The summed E-state index contributed by atoms with van der Waals surface area (Å²) < 4.78 is 39.7. The maximum atomic E-state index is 13.0. The number of aromatic nitrogens is 2. The molecule has 0 spiro atoms. The second-order valence-electron chi connectivity index (χ2n) is 7.28. The molecule has 11 heteroatoms. The summed E-state index contributed by atoms with van der Waals surface area (Å²) in [5.41, 5.74) is 3.15. The van der Waals surface area contributed by atoms with Gasteiger partial charge in [0.05, 0.1) is 11.3 Å². The second kappa shape index (κ2) is 9.41. The molecule has 8 nitrogen and oxygen atoms in total. The van der Waals surface area contributed by atoms with Crippen molar-refractivity contribution in [3.63, 3.8) is 0 Å². The summed E-state index contributed by atoms with van der Waals surface area (Å²) in [4.78, 5) is 19.6. The van der Waals surface area contributed by atoms with E-state index in [-0.39, 0.29) is 17.5 Å². The molecule has 34 heavy (non-hydrogen) atoms. The predicted octanol–water partition coefficient (Wildman–Crippen LogP) is 4.48. The molecular formula is C23H17ClF2N4O4. The smallest absolute Gasteiger partial charge is 0.456 e. The van der Waals surface area contributed by atoms with E-state index in [1.165, 1.54) is 18.3 Å². The number of pyridine rings is 1. The number of likely N-dealkylation sites (N-methyl/N-ethyl adjacent to an activating group) is 1. The van der Waals surface area contributed by atoms with Gasteiger partial charge < -0.3 is 24.1 Å². The average Bonchev–Trinajstić information content (AvgIpc) is 3.52. The number of rotatable bonds is 4. The van der Waals surface area contributed by atoms with Crippen molar-refractivity contribution in [2.45, 2.75) is 12.8 Å². The van der Waals surface area contributed by atoms with Crippen LogP contribution in [0, 0.1) is 11.3 Å². The maximum absolute atomic E-state index is 13.0. The van der Waals surface area contributed by atoms with Gasteiger partial charge in [-0.3, -0.25) is 0 Å². The zero-order chi connectivity index (χ0) is 24.3. The van der Waals surface area contributed by atoms with Gasteiger partial charge in [-0.1, -0.05) is 29.8 Å². The Balaban J connectivity index is 0.000000162. The highest BCUT2D eigenvalue weighted by molar-refractivity contribution is 6.29. The van der Waals surface area contributed by atoms with Gasteiger partial charge in [0.25, 0.3) is 0 Å². The molecule has 0 bridgehead atoms. The minimum Gasteiger partial charge on any atom is -0.456 e. The molecule has 0 atom stereocenters. The summed E-state index contributed by atoms with van der Waals surface area (Å²) >= 11 is 5.69. The number of para-hydroxylation sites is 1. The molecule has 0 unspecified atom stereocenters. The highest BCUT2D eigenvalue weighted by atomic mass is 35.5. The average molecular weight is 487 g/mol. The summed E-state index contributed by atoms with van der Waals surface area (Å²) in [6.07, 6.45) is 2.60. The maximum Gasteiger partial charge on any atom is 0.586 e. The molecule has 5 rings (SSSR count). The fourth-order valence-electron chi connectivity index (χ4n) is 3.32. The van der Waals surface area contributed by atoms with Crippen molar-refractivity contribution in [2.24, 2.45) is 0 Å². The largest absolute Gasteiger partial charge is 0.586 e. The van der Waals surface area contributed by atoms with Gasteiger partial charge in [-0.15, -0.1) is 8.78 Å². The molecule has 2 aliphatic rings. The van der Waals surface area contributed by atoms with E-state index < -0.39 is 6.29 Å². The van der Waals surface area contributed by atoms with E-state index in [4.69, 9.17) is 21.6 Å². The number of H-pyrrole nitrogens is 1. The van der Waals surface area contributed by atoms with Crippen molar-refractivity contribution in [2.75, 3.05) is 13.7 Å². The van der Waals surface area contributed by atoms with Crippen molar-refractivity contribution in [1.29, 1.82) is 5.26 Å². The van der Waals surface area contributed by atoms with Crippen LogP contribution in [0.5, 0.6) is 11.5 Å². The highest BCUT2D eigenvalue weighted by Crippen LogP contribution is 2.47. The Bertz CT molecular complexity index is 1280. The first-order chi connectivity index (χ1) is 16.3. The number of alkyl halides is 2. The van der Waals surface area contributed by atoms with E-state index in [0.717, 1.165) is 11.3 Å². The van der Waals surface area contributed by atoms with Gasteiger partial charge in [-0.2, -0.15) is 5.26 Å². The van der Waals surface area contributed by atoms with Crippen LogP contribution in [0.4, 0.5) is 8.78 Å². The number of esters is 1. The topological polar surface area (TPSA) is 100 Å². The molecule has 0 aliphatic carbocycles. The van der Waals surface area contributed by atoms with Crippen LogP contribution in [0.1, 0.15) is 11.1 Å². The lowest BCUT2D eigenvalue weighted by Gasteiger charge is -2.18. The molecule has 0 saturated carbocycles. The number of benzene rings is 1. The van der Waals surface area contributed by atoms with Crippen LogP contribution in [0.2, 0.25) is 5.15 Å². The monoisotopic (exact) mass is 486 g/mol. The molecule has 174 valence electrons. The van der Waals surface area contributed by atoms with E-state index in [1.54, 1.807) is 30.6 Å². The van der Waals surface area contributed by atoms with Crippen LogP contribution in [-0.4, -0.2) is 40.8 Å². The van der Waals surface area contributed by atoms with Gasteiger partial charge in [0.15, 0.2) is 11.5 Å². The number of halogens is 3. The van der Waals surface area contributed by atoms with E-state index in [1.807, 2.05) is 24.1 Å². The zero-order valence-electron chi connectivity index (χ0n) is 17.7. The third kappa shape index (κ3) is 5.10. The summed E-state index contributed by atoms with van der Waals surface area (Å²) in [5.74, 6) is -0.378. The molecule has 2 aromatic heterocycles. The molecule has 3 aromatic rings. The minimum atomic E-state index is -3.67. The first kappa shape index (κ1) is 23.1. The first-order valence-corrected chi connectivity index (χ1v) is 10.3.